The zero-order valence-electron chi connectivity index (χ0n) is 11.3. The van der Waals surface area contributed by atoms with Crippen molar-refractivity contribution in [2.24, 2.45) is 0 Å². The number of aromatic amines is 1. The Morgan fingerprint density at radius 1 is 1.19 bits per heavy atom. The molecule has 0 aliphatic heterocycles. The molecule has 0 spiro atoms. The van der Waals surface area contributed by atoms with Crippen LogP contribution in [0.5, 0.6) is 5.75 Å². The number of carbonyl (C=O) groups excluding carboxylic acids is 1. The van der Waals surface area contributed by atoms with E-state index in [9.17, 15) is 14.7 Å². The Bertz CT molecular complexity index is 911. The molecule has 5 heteroatoms. The summed E-state index contributed by atoms with van der Waals surface area (Å²) in [4.78, 5) is 27.4. The number of carbonyl (C=O) groups is 1. The lowest BCUT2D eigenvalue weighted by atomic mass is 10.1. The number of esters is 1. The summed E-state index contributed by atoms with van der Waals surface area (Å²) in [6.45, 7) is 1.88. The quantitative estimate of drug-likeness (QED) is 0.559. The first-order valence-corrected chi connectivity index (χ1v) is 6.57. The van der Waals surface area contributed by atoms with E-state index in [0.717, 1.165) is 0 Å². The van der Waals surface area contributed by atoms with Gasteiger partial charge in [-0.05, 0) is 31.2 Å². The summed E-state index contributed by atoms with van der Waals surface area (Å²) >= 11 is 0. The second-order valence-electron chi connectivity index (χ2n) is 4.60. The Morgan fingerprint density at radius 3 is 2.71 bits per heavy atom. The molecule has 0 saturated heterocycles. The summed E-state index contributed by atoms with van der Waals surface area (Å²) in [5.74, 6) is -0.998. The van der Waals surface area contributed by atoms with Crippen LogP contribution in [0.25, 0.3) is 21.8 Å². The number of aromatic hydroxyl groups is 1. The molecule has 3 aromatic rings. The molecule has 2 N–H and O–H groups in total. The molecule has 0 saturated carbocycles. The summed E-state index contributed by atoms with van der Waals surface area (Å²) in [5, 5.41) is 10.8. The fourth-order valence-corrected chi connectivity index (χ4v) is 2.37. The van der Waals surface area contributed by atoms with Crippen LogP contribution in [0, 0.1) is 0 Å². The number of H-pyrrole nitrogens is 1. The van der Waals surface area contributed by atoms with Gasteiger partial charge < -0.3 is 14.8 Å². The van der Waals surface area contributed by atoms with Crippen LogP contribution in [0.15, 0.2) is 41.2 Å². The average Bonchev–Trinajstić information content (AvgIpc) is 2.47. The van der Waals surface area contributed by atoms with E-state index < -0.39 is 5.97 Å². The predicted octanol–water partition coefficient (Wildman–Crippen LogP) is 2.56. The van der Waals surface area contributed by atoms with Crippen molar-refractivity contribution in [1.82, 2.24) is 4.98 Å². The number of rotatable bonds is 2. The number of aromatic nitrogens is 1. The van der Waals surface area contributed by atoms with Crippen molar-refractivity contribution in [2.45, 2.75) is 6.92 Å². The van der Waals surface area contributed by atoms with E-state index in [2.05, 4.69) is 4.98 Å². The van der Waals surface area contributed by atoms with E-state index in [1.54, 1.807) is 31.2 Å². The molecule has 21 heavy (non-hydrogen) atoms. The smallest absolute Gasteiger partial charge is 0.341 e. The van der Waals surface area contributed by atoms with E-state index >= 15 is 0 Å². The standard InChI is InChI=1S/C16H13NO4/c1-2-21-16(20)10-7-8-12-13(15(10)19)14(18)9-5-3-4-6-11(9)17-12/h3-8,19H,2H2,1H3,(H,17,18). The minimum Gasteiger partial charge on any atom is -0.506 e. The Balaban J connectivity index is 2.38. The maximum absolute atomic E-state index is 12.5. The van der Waals surface area contributed by atoms with Crippen LogP contribution >= 0.6 is 0 Å². The van der Waals surface area contributed by atoms with Gasteiger partial charge in [0.05, 0.1) is 17.5 Å². The number of phenols is 1. The van der Waals surface area contributed by atoms with Crippen LogP contribution in [0.2, 0.25) is 0 Å². The van der Waals surface area contributed by atoms with Crippen molar-refractivity contribution in [3.63, 3.8) is 0 Å². The van der Waals surface area contributed by atoms with Crippen LogP contribution in [-0.2, 0) is 4.74 Å². The molecule has 3 rings (SSSR count). The molecule has 1 heterocycles. The van der Waals surface area contributed by atoms with Crippen LogP contribution in [-0.4, -0.2) is 22.7 Å². The molecule has 0 atom stereocenters. The lowest BCUT2D eigenvalue weighted by Gasteiger charge is -2.08. The van der Waals surface area contributed by atoms with E-state index in [1.165, 1.54) is 6.07 Å². The van der Waals surface area contributed by atoms with E-state index in [1.807, 2.05) is 6.07 Å². The first-order chi connectivity index (χ1) is 10.1. The normalized spacial score (nSPS) is 10.9. The van der Waals surface area contributed by atoms with E-state index in [-0.39, 0.29) is 28.7 Å². The number of phenolic OH excluding ortho intramolecular Hbond substituents is 1. The SMILES string of the molecule is CCOC(=O)c1ccc2[nH]c3ccccc3c(=O)c2c1O. The molecule has 0 fully saturated rings. The number of ether oxygens (including phenoxy) is 1. The third-order valence-electron chi connectivity index (χ3n) is 3.34. The van der Waals surface area contributed by atoms with Gasteiger partial charge in [-0.3, -0.25) is 4.79 Å². The average molecular weight is 283 g/mol. The van der Waals surface area contributed by atoms with Crippen molar-refractivity contribution < 1.29 is 14.6 Å². The Morgan fingerprint density at radius 2 is 1.95 bits per heavy atom. The largest absolute Gasteiger partial charge is 0.506 e. The topological polar surface area (TPSA) is 79.4 Å². The molecule has 1 aromatic heterocycles. The zero-order chi connectivity index (χ0) is 15.0. The maximum atomic E-state index is 12.5. The zero-order valence-corrected chi connectivity index (χ0v) is 11.3. The Kier molecular flexibility index (Phi) is 3.10. The molecule has 2 aromatic carbocycles. The van der Waals surface area contributed by atoms with Crippen LogP contribution < -0.4 is 5.43 Å². The van der Waals surface area contributed by atoms with Crippen LogP contribution in [0.3, 0.4) is 0 Å². The highest BCUT2D eigenvalue weighted by molar-refractivity contribution is 6.03. The molecule has 0 aliphatic carbocycles. The minimum absolute atomic E-state index is 0.00914. The molecular weight excluding hydrogens is 270 g/mol. The summed E-state index contributed by atoms with van der Waals surface area (Å²) in [5.41, 5.74) is 0.829. The summed E-state index contributed by atoms with van der Waals surface area (Å²) < 4.78 is 4.87. The molecule has 0 aliphatic rings. The van der Waals surface area contributed by atoms with Gasteiger partial charge in [0, 0.05) is 10.9 Å². The van der Waals surface area contributed by atoms with Gasteiger partial charge in [-0.2, -0.15) is 0 Å². The molecule has 0 radical (unpaired) electrons. The number of fused-ring (bicyclic) bond motifs is 2. The maximum Gasteiger partial charge on any atom is 0.341 e. The van der Waals surface area contributed by atoms with Crippen LogP contribution in [0.4, 0.5) is 0 Å². The van der Waals surface area contributed by atoms with Gasteiger partial charge in [0.2, 0.25) is 5.43 Å². The van der Waals surface area contributed by atoms with Crippen molar-refractivity contribution in [1.29, 1.82) is 0 Å². The second kappa shape index (κ2) is 4.94. The molecule has 0 amide bonds. The number of benzene rings is 2. The highest BCUT2D eigenvalue weighted by Crippen LogP contribution is 2.27. The van der Waals surface area contributed by atoms with E-state index in [4.69, 9.17) is 4.74 Å². The van der Waals surface area contributed by atoms with Gasteiger partial charge in [0.25, 0.3) is 0 Å². The number of hydrogen-bond donors (Lipinski definition) is 2. The molecular formula is C16H13NO4. The third kappa shape index (κ3) is 2.03. The van der Waals surface area contributed by atoms with Gasteiger partial charge in [-0.1, -0.05) is 12.1 Å². The summed E-state index contributed by atoms with van der Waals surface area (Å²) in [6.07, 6.45) is 0. The molecule has 0 unspecified atom stereocenters. The van der Waals surface area contributed by atoms with Crippen molar-refractivity contribution in [3.05, 3.63) is 52.2 Å². The van der Waals surface area contributed by atoms with Crippen molar-refractivity contribution in [3.8, 4) is 5.75 Å². The van der Waals surface area contributed by atoms with Gasteiger partial charge >= 0.3 is 5.97 Å². The van der Waals surface area contributed by atoms with Crippen molar-refractivity contribution >= 4 is 27.8 Å². The summed E-state index contributed by atoms with van der Waals surface area (Å²) in [7, 11) is 0. The van der Waals surface area contributed by atoms with Gasteiger partial charge in [-0.25, -0.2) is 4.79 Å². The van der Waals surface area contributed by atoms with Gasteiger partial charge in [0.15, 0.2) is 0 Å². The first-order valence-electron chi connectivity index (χ1n) is 6.57. The number of pyridine rings is 1. The van der Waals surface area contributed by atoms with Crippen molar-refractivity contribution in [2.75, 3.05) is 6.61 Å². The monoisotopic (exact) mass is 283 g/mol. The Labute approximate surface area is 119 Å². The van der Waals surface area contributed by atoms with Crippen LogP contribution in [0.1, 0.15) is 17.3 Å². The van der Waals surface area contributed by atoms with Gasteiger partial charge in [0.1, 0.15) is 11.3 Å². The third-order valence-corrected chi connectivity index (χ3v) is 3.34. The highest BCUT2D eigenvalue weighted by atomic mass is 16.5. The second-order valence-corrected chi connectivity index (χ2v) is 4.60. The van der Waals surface area contributed by atoms with E-state index in [0.29, 0.717) is 16.4 Å². The van der Waals surface area contributed by atoms with Gasteiger partial charge in [-0.15, -0.1) is 0 Å². The predicted molar refractivity (Wildman–Crippen MR) is 79.7 cm³/mol. The molecule has 5 nitrogen and oxygen atoms in total. The first kappa shape index (κ1) is 13.2. The number of para-hydroxylation sites is 1. The fraction of sp³-hybridized carbons (Fsp3) is 0.125. The Hall–Kier alpha value is -2.82. The highest BCUT2D eigenvalue weighted by Gasteiger charge is 2.18. The molecule has 0 bridgehead atoms. The fourth-order valence-electron chi connectivity index (χ4n) is 2.37. The number of nitrogens with one attached hydrogen (secondary N) is 1. The molecule has 106 valence electrons. The number of hydrogen-bond acceptors (Lipinski definition) is 4. The summed E-state index contributed by atoms with van der Waals surface area (Å²) in [6, 6.07) is 10.1. The minimum atomic E-state index is -0.649. The lowest BCUT2D eigenvalue weighted by molar-refractivity contribution is 0.0523. The lowest BCUT2D eigenvalue weighted by Crippen LogP contribution is -2.09.